The Balaban J connectivity index is 2.22. The average molecular weight is 304 g/mol. The molecule has 0 saturated heterocycles. The summed E-state index contributed by atoms with van der Waals surface area (Å²) in [7, 11) is 1.39. The van der Waals surface area contributed by atoms with Crippen LogP contribution in [0.2, 0.25) is 0 Å². The summed E-state index contributed by atoms with van der Waals surface area (Å²) in [6.07, 6.45) is 1.47. The zero-order chi connectivity index (χ0) is 16.1. The molecule has 1 amide bonds. The van der Waals surface area contributed by atoms with E-state index in [1.165, 1.54) is 36.4 Å². The van der Waals surface area contributed by atoms with Crippen LogP contribution in [0.5, 0.6) is 5.75 Å². The fourth-order valence-corrected chi connectivity index (χ4v) is 2.12. The largest absolute Gasteiger partial charge is 0.494 e. The van der Waals surface area contributed by atoms with E-state index in [1.807, 2.05) is 0 Å². The van der Waals surface area contributed by atoms with Gasteiger partial charge >= 0.3 is 0 Å². The van der Waals surface area contributed by atoms with Crippen LogP contribution in [0, 0.1) is 5.82 Å². The molecule has 22 heavy (non-hydrogen) atoms. The van der Waals surface area contributed by atoms with Crippen molar-refractivity contribution in [3.63, 3.8) is 0 Å². The lowest BCUT2D eigenvalue weighted by atomic mass is 10.1. The third kappa shape index (κ3) is 3.33. The van der Waals surface area contributed by atoms with Crippen LogP contribution in [-0.2, 0) is 6.54 Å². The Morgan fingerprint density at radius 2 is 2.14 bits per heavy atom. The fourth-order valence-electron chi connectivity index (χ4n) is 2.12. The molecule has 5 nitrogen and oxygen atoms in total. The van der Waals surface area contributed by atoms with Crippen molar-refractivity contribution in [2.45, 2.75) is 13.5 Å². The van der Waals surface area contributed by atoms with Crippen LogP contribution < -0.4 is 10.3 Å². The maximum Gasteiger partial charge on any atom is 0.260 e. The van der Waals surface area contributed by atoms with Gasteiger partial charge in [0.2, 0.25) is 0 Å². The molecule has 0 fully saturated rings. The van der Waals surface area contributed by atoms with Gasteiger partial charge in [0.15, 0.2) is 11.6 Å². The number of methoxy groups -OCH3 is 1. The predicted octanol–water partition coefficient (Wildman–Crippen LogP) is 2.18. The quantitative estimate of drug-likeness (QED) is 0.921. The normalized spacial score (nSPS) is 10.3. The third-order valence-corrected chi connectivity index (χ3v) is 3.31. The van der Waals surface area contributed by atoms with Gasteiger partial charge in [0.1, 0.15) is 5.56 Å². The number of nitrogens with zero attached hydrogens (tertiary/aromatic N) is 1. The van der Waals surface area contributed by atoms with Gasteiger partial charge in [-0.1, -0.05) is 6.07 Å². The van der Waals surface area contributed by atoms with Crippen molar-refractivity contribution in [1.29, 1.82) is 0 Å². The molecule has 1 aromatic carbocycles. The van der Waals surface area contributed by atoms with E-state index in [9.17, 15) is 14.0 Å². The Kier molecular flexibility index (Phi) is 4.93. The number of pyridine rings is 1. The third-order valence-electron chi connectivity index (χ3n) is 3.31. The van der Waals surface area contributed by atoms with Gasteiger partial charge in [0.05, 0.1) is 7.11 Å². The van der Waals surface area contributed by atoms with Gasteiger partial charge in [-0.25, -0.2) is 4.39 Å². The molecule has 0 spiro atoms. The molecule has 0 aliphatic rings. The van der Waals surface area contributed by atoms with Gasteiger partial charge in [-0.15, -0.1) is 0 Å². The molecule has 1 heterocycles. The Morgan fingerprint density at radius 3 is 2.73 bits per heavy atom. The summed E-state index contributed by atoms with van der Waals surface area (Å²) in [5, 5.41) is 0. The maximum atomic E-state index is 13.7. The number of carbonyl (C=O) groups excluding carboxylic acids is 1. The first-order valence-corrected chi connectivity index (χ1v) is 6.86. The van der Waals surface area contributed by atoms with Gasteiger partial charge in [-0.05, 0) is 36.8 Å². The Hall–Kier alpha value is -2.63. The highest BCUT2D eigenvalue weighted by Gasteiger charge is 2.17. The molecule has 116 valence electrons. The first-order chi connectivity index (χ1) is 10.6. The molecule has 0 unspecified atom stereocenters. The lowest BCUT2D eigenvalue weighted by molar-refractivity contribution is 0.0750. The number of carbonyl (C=O) groups is 1. The van der Waals surface area contributed by atoms with E-state index in [0.717, 1.165) is 0 Å². The van der Waals surface area contributed by atoms with Crippen LogP contribution >= 0.6 is 0 Å². The second-order valence-electron chi connectivity index (χ2n) is 4.70. The molecule has 6 heteroatoms. The van der Waals surface area contributed by atoms with Crippen molar-refractivity contribution in [1.82, 2.24) is 9.88 Å². The molecule has 0 aliphatic heterocycles. The Bertz CT molecular complexity index is 727. The number of aromatic nitrogens is 1. The van der Waals surface area contributed by atoms with Crippen LogP contribution in [-0.4, -0.2) is 29.4 Å². The summed E-state index contributed by atoms with van der Waals surface area (Å²) < 4.78 is 18.6. The molecule has 0 atom stereocenters. The summed E-state index contributed by atoms with van der Waals surface area (Å²) in [5.41, 5.74) is 0.256. The van der Waals surface area contributed by atoms with E-state index in [1.54, 1.807) is 19.1 Å². The summed E-state index contributed by atoms with van der Waals surface area (Å²) in [5.74, 6) is -0.723. The van der Waals surface area contributed by atoms with Crippen LogP contribution in [0.3, 0.4) is 0 Å². The van der Waals surface area contributed by atoms with Crippen molar-refractivity contribution < 1.29 is 13.9 Å². The van der Waals surface area contributed by atoms with Crippen LogP contribution in [0.25, 0.3) is 0 Å². The molecule has 2 aromatic rings. The Morgan fingerprint density at radius 1 is 1.36 bits per heavy atom. The summed E-state index contributed by atoms with van der Waals surface area (Å²) in [6.45, 7) is 2.42. The highest BCUT2D eigenvalue weighted by atomic mass is 19.1. The molecular weight excluding hydrogens is 287 g/mol. The summed E-state index contributed by atoms with van der Waals surface area (Å²) in [6, 6.07) is 7.59. The highest BCUT2D eigenvalue weighted by Crippen LogP contribution is 2.19. The number of benzene rings is 1. The van der Waals surface area contributed by atoms with Crippen LogP contribution in [0.15, 0.2) is 41.3 Å². The van der Waals surface area contributed by atoms with Crippen LogP contribution in [0.1, 0.15) is 22.8 Å². The van der Waals surface area contributed by atoms with Crippen molar-refractivity contribution >= 4 is 5.91 Å². The minimum atomic E-state index is -0.485. The molecule has 1 aromatic heterocycles. The first kappa shape index (κ1) is 15.8. The van der Waals surface area contributed by atoms with Gasteiger partial charge in [0.25, 0.3) is 11.5 Å². The molecule has 0 saturated carbocycles. The second-order valence-corrected chi connectivity index (χ2v) is 4.70. The van der Waals surface area contributed by atoms with Crippen LogP contribution in [0.4, 0.5) is 4.39 Å². The first-order valence-electron chi connectivity index (χ1n) is 6.86. The van der Waals surface area contributed by atoms with Crippen molar-refractivity contribution in [2.75, 3.05) is 13.7 Å². The Labute approximate surface area is 127 Å². The second kappa shape index (κ2) is 6.89. The number of nitrogens with one attached hydrogen (secondary N) is 1. The van der Waals surface area contributed by atoms with Crippen molar-refractivity contribution in [3.8, 4) is 5.75 Å². The standard InChI is InChI=1S/C16H17FN2O3/c1-3-19(16(21)12-5-4-8-18-15(12)20)10-11-6-7-14(22-2)13(17)9-11/h4-9H,3,10H2,1-2H3,(H,18,20). The zero-order valence-electron chi connectivity index (χ0n) is 12.4. The smallest absolute Gasteiger partial charge is 0.260 e. The number of ether oxygens (including phenoxy) is 1. The highest BCUT2D eigenvalue weighted by molar-refractivity contribution is 5.93. The molecule has 2 rings (SSSR count). The molecule has 0 aliphatic carbocycles. The number of rotatable bonds is 5. The minimum Gasteiger partial charge on any atom is -0.494 e. The fraction of sp³-hybridized carbons (Fsp3) is 0.250. The monoisotopic (exact) mass is 304 g/mol. The summed E-state index contributed by atoms with van der Waals surface area (Å²) in [4.78, 5) is 28.0. The van der Waals surface area contributed by atoms with Gasteiger partial charge in [0, 0.05) is 19.3 Å². The molecule has 1 N–H and O–H groups in total. The van der Waals surface area contributed by atoms with Crippen molar-refractivity contribution in [3.05, 3.63) is 63.8 Å². The average Bonchev–Trinajstić information content (AvgIpc) is 2.52. The van der Waals surface area contributed by atoms with E-state index in [2.05, 4.69) is 4.98 Å². The molecule has 0 radical (unpaired) electrons. The number of H-pyrrole nitrogens is 1. The zero-order valence-corrected chi connectivity index (χ0v) is 12.4. The van der Waals surface area contributed by atoms with E-state index in [-0.39, 0.29) is 23.8 Å². The number of aromatic amines is 1. The number of hydrogen-bond acceptors (Lipinski definition) is 3. The topological polar surface area (TPSA) is 62.4 Å². The van der Waals surface area contributed by atoms with E-state index < -0.39 is 11.4 Å². The lowest BCUT2D eigenvalue weighted by Gasteiger charge is -2.21. The van der Waals surface area contributed by atoms with E-state index in [0.29, 0.717) is 12.1 Å². The number of hydrogen-bond donors (Lipinski definition) is 1. The van der Waals surface area contributed by atoms with E-state index >= 15 is 0 Å². The molecular formula is C16H17FN2O3. The SMILES string of the molecule is CCN(Cc1ccc(OC)c(F)c1)C(=O)c1ccc[nH]c1=O. The predicted molar refractivity (Wildman–Crippen MR) is 80.4 cm³/mol. The molecule has 0 bridgehead atoms. The number of amides is 1. The minimum absolute atomic E-state index is 0.0679. The van der Waals surface area contributed by atoms with E-state index in [4.69, 9.17) is 4.74 Å². The van der Waals surface area contributed by atoms with Crippen molar-refractivity contribution in [2.24, 2.45) is 0 Å². The van der Waals surface area contributed by atoms with Gasteiger partial charge in [-0.3, -0.25) is 9.59 Å². The van der Waals surface area contributed by atoms with Gasteiger partial charge in [-0.2, -0.15) is 0 Å². The number of halogens is 1. The maximum absolute atomic E-state index is 13.7. The summed E-state index contributed by atoms with van der Waals surface area (Å²) >= 11 is 0. The van der Waals surface area contributed by atoms with Gasteiger partial charge < -0.3 is 14.6 Å². The lowest BCUT2D eigenvalue weighted by Crippen LogP contribution is -2.34.